The summed E-state index contributed by atoms with van der Waals surface area (Å²) in [6.07, 6.45) is 0.922. The number of carbonyl (C=O) groups is 1. The van der Waals surface area contributed by atoms with E-state index in [0.717, 1.165) is 6.08 Å². The van der Waals surface area contributed by atoms with Gasteiger partial charge in [0.15, 0.2) is 0 Å². The molecule has 0 unspecified atom stereocenters. The van der Waals surface area contributed by atoms with E-state index in [1.807, 2.05) is 0 Å². The zero-order valence-electron chi connectivity index (χ0n) is 8.61. The van der Waals surface area contributed by atoms with Crippen molar-refractivity contribution >= 4 is 16.0 Å². The zero-order valence-corrected chi connectivity index (χ0v) is 11.4. The number of amides is 1. The Kier molecular flexibility index (Phi) is 8.77. The molecule has 5 nitrogen and oxygen atoms in total. The summed E-state index contributed by atoms with van der Waals surface area (Å²) >= 11 is 0. The summed E-state index contributed by atoms with van der Waals surface area (Å²) in [5, 5.41) is 0. The Bertz CT molecular complexity index is 286. The molecule has 76 valence electrons. The van der Waals surface area contributed by atoms with Gasteiger partial charge in [-0.2, -0.15) is 8.42 Å². The molecule has 7 heteroatoms. The van der Waals surface area contributed by atoms with Crippen LogP contribution in [0.4, 0.5) is 0 Å². The quantitative estimate of drug-likeness (QED) is 0.315. The van der Waals surface area contributed by atoms with Crippen LogP contribution in [-0.4, -0.2) is 20.1 Å². The molecule has 0 atom stereocenters. The van der Waals surface area contributed by atoms with Gasteiger partial charge in [-0.15, -0.1) is 4.28 Å². The molecule has 1 amide bonds. The van der Waals surface area contributed by atoms with E-state index in [4.69, 9.17) is 0 Å². The molecular weight excluding hydrogens is 217 g/mol. The van der Waals surface area contributed by atoms with Crippen LogP contribution >= 0.6 is 0 Å². The monoisotopic (exact) mass is 230 g/mol. The maximum atomic E-state index is 11.0. The number of nitrogens with one attached hydrogen (secondary N) is 1. The minimum Gasteiger partial charge on any atom is -0.268 e. The number of rotatable bonds is 5. The van der Waals surface area contributed by atoms with Gasteiger partial charge >= 0.3 is 29.6 Å². The van der Waals surface area contributed by atoms with Gasteiger partial charge in [0.25, 0.3) is 16.0 Å². The fourth-order valence-corrected chi connectivity index (χ4v) is 1.68. The summed E-state index contributed by atoms with van der Waals surface area (Å²) in [5.74, 6) is -0.872. The van der Waals surface area contributed by atoms with E-state index in [-0.39, 0.29) is 41.2 Å². The van der Waals surface area contributed by atoms with Crippen molar-refractivity contribution in [2.45, 2.75) is 13.8 Å². The first-order valence-corrected chi connectivity index (χ1v) is 5.28. The van der Waals surface area contributed by atoms with E-state index in [1.54, 1.807) is 19.3 Å². The standard InChI is InChI=1S/C7H13NO4S.Na/c1-4-7(9)8-12-13(10,11)5-6(2)3;/h4,6H,1,5H2,2-3H3,(H,8,9);/q;+1. The Balaban J connectivity index is 0. The van der Waals surface area contributed by atoms with Gasteiger partial charge in [0.2, 0.25) is 0 Å². The summed E-state index contributed by atoms with van der Waals surface area (Å²) in [7, 11) is -3.67. The van der Waals surface area contributed by atoms with Crippen molar-refractivity contribution in [1.82, 2.24) is 5.48 Å². The minimum absolute atomic E-state index is 0. The van der Waals surface area contributed by atoms with Crippen molar-refractivity contribution in [3.8, 4) is 0 Å². The van der Waals surface area contributed by atoms with Crippen molar-refractivity contribution < 1.29 is 47.1 Å². The van der Waals surface area contributed by atoms with Crippen LogP contribution in [0.15, 0.2) is 12.7 Å². The first-order valence-electron chi connectivity index (χ1n) is 3.71. The van der Waals surface area contributed by atoms with E-state index < -0.39 is 16.0 Å². The van der Waals surface area contributed by atoms with Crippen LogP contribution in [0.25, 0.3) is 0 Å². The third-order valence-corrected chi connectivity index (χ3v) is 2.40. The molecule has 0 heterocycles. The van der Waals surface area contributed by atoms with Crippen molar-refractivity contribution in [3.05, 3.63) is 12.7 Å². The van der Waals surface area contributed by atoms with Crippen molar-refractivity contribution in [1.29, 1.82) is 0 Å². The summed E-state index contributed by atoms with van der Waals surface area (Å²) < 4.78 is 26.2. The molecule has 0 spiro atoms. The predicted octanol–water partition coefficient (Wildman–Crippen LogP) is -2.79. The smallest absolute Gasteiger partial charge is 0.268 e. The SMILES string of the molecule is C=CC(=O)NOS(=O)(=O)CC(C)C.[Na+]. The second-order valence-electron chi connectivity index (χ2n) is 2.87. The van der Waals surface area contributed by atoms with Crippen LogP contribution in [0.1, 0.15) is 13.8 Å². The molecule has 14 heavy (non-hydrogen) atoms. The number of carbonyl (C=O) groups excluding carboxylic acids is 1. The van der Waals surface area contributed by atoms with Gasteiger partial charge < -0.3 is 0 Å². The molecule has 0 saturated heterocycles. The largest absolute Gasteiger partial charge is 1.00 e. The number of hydroxylamine groups is 1. The molecule has 0 aromatic carbocycles. The molecule has 0 aromatic rings. The van der Waals surface area contributed by atoms with Crippen LogP contribution in [0.3, 0.4) is 0 Å². The molecule has 0 aliphatic heterocycles. The molecule has 1 N–H and O–H groups in total. The molecular formula is C7H13NNaO4S+. The van der Waals surface area contributed by atoms with E-state index in [9.17, 15) is 13.2 Å². The van der Waals surface area contributed by atoms with Crippen LogP contribution in [0.2, 0.25) is 0 Å². The third kappa shape index (κ3) is 8.71. The van der Waals surface area contributed by atoms with Gasteiger partial charge in [0.05, 0.1) is 5.75 Å². The summed E-state index contributed by atoms with van der Waals surface area (Å²) in [5.41, 5.74) is 1.73. The fraction of sp³-hybridized carbons (Fsp3) is 0.571. The molecule has 0 rings (SSSR count). The first kappa shape index (κ1) is 16.5. The fourth-order valence-electron chi connectivity index (χ4n) is 0.588. The average Bonchev–Trinajstić information content (AvgIpc) is 1.98. The van der Waals surface area contributed by atoms with E-state index in [0.29, 0.717) is 0 Å². The maximum absolute atomic E-state index is 11.0. The van der Waals surface area contributed by atoms with Gasteiger partial charge in [-0.1, -0.05) is 20.4 Å². The van der Waals surface area contributed by atoms with Gasteiger partial charge in [-0.25, -0.2) is 5.48 Å². The van der Waals surface area contributed by atoms with E-state index in [1.165, 1.54) is 0 Å². The molecule has 0 fully saturated rings. The van der Waals surface area contributed by atoms with Gasteiger partial charge in [-0.05, 0) is 12.0 Å². The van der Waals surface area contributed by atoms with E-state index in [2.05, 4.69) is 10.9 Å². The summed E-state index contributed by atoms with van der Waals surface area (Å²) in [6, 6.07) is 0. The normalized spacial score (nSPS) is 10.5. The maximum Gasteiger partial charge on any atom is 1.00 e. The van der Waals surface area contributed by atoms with Crippen LogP contribution in [0.5, 0.6) is 0 Å². The molecule has 0 bridgehead atoms. The predicted molar refractivity (Wildman–Crippen MR) is 48.0 cm³/mol. The Labute approximate surface area is 106 Å². The van der Waals surface area contributed by atoms with Crippen molar-refractivity contribution in [2.75, 3.05) is 5.75 Å². The zero-order chi connectivity index (χ0) is 10.5. The Hall–Kier alpha value is 0.120. The second-order valence-corrected chi connectivity index (χ2v) is 4.49. The second kappa shape index (κ2) is 7.42. The summed E-state index contributed by atoms with van der Waals surface area (Å²) in [6.45, 7) is 6.60. The van der Waals surface area contributed by atoms with Gasteiger partial charge in [0, 0.05) is 0 Å². The van der Waals surface area contributed by atoms with Gasteiger partial charge in [0.1, 0.15) is 0 Å². The van der Waals surface area contributed by atoms with Crippen molar-refractivity contribution in [3.63, 3.8) is 0 Å². The van der Waals surface area contributed by atoms with Crippen LogP contribution in [0, 0.1) is 5.92 Å². The topological polar surface area (TPSA) is 72.5 Å². The Morgan fingerprint density at radius 1 is 1.57 bits per heavy atom. The minimum atomic E-state index is -3.67. The third-order valence-electron chi connectivity index (χ3n) is 0.992. The van der Waals surface area contributed by atoms with Gasteiger partial charge in [-0.3, -0.25) is 4.79 Å². The number of hydrogen-bond acceptors (Lipinski definition) is 4. The molecule has 0 saturated carbocycles. The van der Waals surface area contributed by atoms with E-state index >= 15 is 0 Å². The van der Waals surface area contributed by atoms with Crippen LogP contribution < -0.4 is 35.0 Å². The average molecular weight is 230 g/mol. The molecule has 0 aliphatic carbocycles. The molecule has 0 aromatic heterocycles. The Morgan fingerprint density at radius 3 is 2.43 bits per heavy atom. The summed E-state index contributed by atoms with van der Waals surface area (Å²) in [4.78, 5) is 10.5. The Morgan fingerprint density at radius 2 is 2.07 bits per heavy atom. The molecule has 0 aliphatic rings. The first-order chi connectivity index (χ1) is 5.87. The molecule has 0 radical (unpaired) electrons. The number of hydrogen-bond donors (Lipinski definition) is 1. The van der Waals surface area contributed by atoms with Crippen LogP contribution in [-0.2, 0) is 19.2 Å². The van der Waals surface area contributed by atoms with Crippen molar-refractivity contribution in [2.24, 2.45) is 5.92 Å².